The van der Waals surface area contributed by atoms with Crippen LogP contribution in [0.5, 0.6) is 0 Å². The Kier molecular flexibility index (Phi) is 23.7. The summed E-state index contributed by atoms with van der Waals surface area (Å²) in [6.07, 6.45) is -60.9. The summed E-state index contributed by atoms with van der Waals surface area (Å²) in [5, 5.41) is 236. The highest BCUT2D eigenvalue weighted by Gasteiger charge is 2.61. The monoisotopic (exact) mass is 1120 g/mol. The molecule has 444 valence electrons. The Bertz CT molecular complexity index is 1800. The van der Waals surface area contributed by atoms with E-state index in [1.54, 1.807) is 0 Å². The third-order valence-electron chi connectivity index (χ3n) is 13.4. The Balaban J connectivity index is 1.39. The first kappa shape index (κ1) is 64.5. The van der Waals surface area contributed by atoms with Crippen LogP contribution in [-0.2, 0) is 57.0 Å². The SMILES string of the molecule is CC(=O)N[C@H]1[C@H]([C@H](O)[C@H](O)CO)O[C@@](O[C@H]2[C@@H](O)[C@@H](CO)O[C@@H](O[C@H]3[C@@H](O)[C@@H](CO)O[C@@H](O[C@H]4[C@@H](O)[C@@H](CO)O[C@@H](O[C@H]5[C@@H](O)[C@@H](CO)O[C@@H](O[C@@H]([C@H](O)[C@@H](O)CO)[C@H](O)CO)[C@@H]5O)[C@@H]4O)[C@@H]3O)[C@@H]2O)(C(=O)O)C[C@@H]1O. The Morgan fingerprint density at radius 1 is 0.539 bits per heavy atom. The highest BCUT2D eigenvalue weighted by Crippen LogP contribution is 2.39. The molecule has 0 spiro atoms. The summed E-state index contributed by atoms with van der Waals surface area (Å²) in [4.78, 5) is 25.0. The van der Waals surface area contributed by atoms with Gasteiger partial charge < -0.3 is 165 Å². The largest absolute Gasteiger partial charge is 0.477 e. The molecule has 5 aliphatic rings. The van der Waals surface area contributed by atoms with E-state index < -0.39 is 248 Å². The van der Waals surface area contributed by atoms with Crippen molar-refractivity contribution in [3.8, 4) is 0 Å². The summed E-state index contributed by atoms with van der Waals surface area (Å²) in [6.45, 7) is -6.82. The Morgan fingerprint density at radius 2 is 0.908 bits per heavy atom. The standard InChI is InChI=1S/C41H71NO34/c1-10(50)42-19-11(51)2-41(40(65)66,75-31(19)21(56)13(53)4-44)76-35-25(60)18(9-49)70-39(29(35)64)74-34-24(59)17(8-48)69-38(28(34)63)73-33-23(58)16(7-47)68-37(27(33)62)72-32-22(57)15(6-46)67-36(26(32)61)71-30(14(54)5-45)20(55)12(52)3-43/h11-39,43-49,51-64H,2-9H2,1H3,(H,42,50)(H,65,66)/t11-,12-,13+,14+,15+,16+,17+,18+,19+,20+,21+,22-,23-,24-,25-,26+,27+,28+,29+,30+,31+,32-,33-,34-,35-,36-,37-,38-,39-,41-/m0/s1. The summed E-state index contributed by atoms with van der Waals surface area (Å²) < 4.78 is 55.7. The van der Waals surface area contributed by atoms with Crippen molar-refractivity contribution in [2.24, 2.45) is 0 Å². The molecule has 5 rings (SSSR count). The van der Waals surface area contributed by atoms with E-state index in [-0.39, 0.29) is 0 Å². The first-order valence-corrected chi connectivity index (χ1v) is 23.7. The predicted molar refractivity (Wildman–Crippen MR) is 230 cm³/mol. The molecule has 35 nitrogen and oxygen atoms in total. The number of amides is 1. The van der Waals surface area contributed by atoms with Crippen LogP contribution in [0.4, 0.5) is 0 Å². The number of aliphatic carboxylic acids is 1. The molecule has 5 aliphatic heterocycles. The normalized spacial score (nSPS) is 44.8. The third-order valence-corrected chi connectivity index (χ3v) is 13.4. The Labute approximate surface area is 429 Å². The van der Waals surface area contributed by atoms with Gasteiger partial charge in [0.1, 0.15) is 140 Å². The number of carboxylic acid groups (broad SMARTS) is 1. The molecule has 0 radical (unpaired) electrons. The molecule has 0 aromatic rings. The van der Waals surface area contributed by atoms with Crippen molar-refractivity contribution in [3.63, 3.8) is 0 Å². The molecule has 5 fully saturated rings. The molecule has 76 heavy (non-hydrogen) atoms. The highest BCUT2D eigenvalue weighted by atomic mass is 16.8. The fourth-order valence-corrected chi connectivity index (χ4v) is 9.20. The summed E-state index contributed by atoms with van der Waals surface area (Å²) >= 11 is 0. The van der Waals surface area contributed by atoms with Crippen molar-refractivity contribution < 1.29 is 169 Å². The second-order valence-corrected chi connectivity index (χ2v) is 18.7. The molecule has 0 aliphatic carbocycles. The number of hydrogen-bond donors (Lipinski definition) is 23. The number of ether oxygens (including phenoxy) is 10. The van der Waals surface area contributed by atoms with Crippen molar-refractivity contribution in [1.82, 2.24) is 5.32 Å². The number of aliphatic hydroxyl groups excluding tert-OH is 21. The lowest BCUT2D eigenvalue weighted by Crippen LogP contribution is -2.71. The number of carbonyl (C=O) groups is 2. The van der Waals surface area contributed by atoms with E-state index in [4.69, 9.17) is 47.4 Å². The quantitative estimate of drug-likeness (QED) is 0.0427. The summed E-state index contributed by atoms with van der Waals surface area (Å²) in [6, 6.07) is -1.68. The van der Waals surface area contributed by atoms with Gasteiger partial charge in [-0.2, -0.15) is 0 Å². The van der Waals surface area contributed by atoms with Gasteiger partial charge in [0.2, 0.25) is 5.91 Å². The van der Waals surface area contributed by atoms with Crippen LogP contribution >= 0.6 is 0 Å². The van der Waals surface area contributed by atoms with Gasteiger partial charge in [-0.1, -0.05) is 0 Å². The van der Waals surface area contributed by atoms with Crippen LogP contribution in [0.25, 0.3) is 0 Å². The molecule has 0 aromatic carbocycles. The Morgan fingerprint density at radius 3 is 1.28 bits per heavy atom. The van der Waals surface area contributed by atoms with Crippen molar-refractivity contribution >= 4 is 11.9 Å². The van der Waals surface area contributed by atoms with Crippen LogP contribution in [0.1, 0.15) is 13.3 Å². The van der Waals surface area contributed by atoms with Crippen molar-refractivity contribution in [3.05, 3.63) is 0 Å². The average molecular weight is 1120 g/mol. The molecule has 0 bridgehead atoms. The summed E-state index contributed by atoms with van der Waals surface area (Å²) in [5.74, 6) is -6.16. The van der Waals surface area contributed by atoms with Crippen LogP contribution in [0.3, 0.4) is 0 Å². The number of hydrogen-bond acceptors (Lipinski definition) is 33. The van der Waals surface area contributed by atoms with Crippen molar-refractivity contribution in [2.45, 2.75) is 197 Å². The van der Waals surface area contributed by atoms with Gasteiger partial charge in [-0.15, -0.1) is 0 Å². The predicted octanol–water partition coefficient (Wildman–Crippen LogP) is -15.1. The minimum atomic E-state index is -3.22. The van der Waals surface area contributed by atoms with E-state index in [1.165, 1.54) is 0 Å². The van der Waals surface area contributed by atoms with Crippen LogP contribution in [0, 0.1) is 0 Å². The van der Waals surface area contributed by atoms with Gasteiger partial charge >= 0.3 is 5.97 Å². The van der Waals surface area contributed by atoms with Gasteiger partial charge in [-0.3, -0.25) is 4.79 Å². The van der Waals surface area contributed by atoms with Gasteiger partial charge in [-0.25, -0.2) is 4.79 Å². The number of rotatable bonds is 24. The van der Waals surface area contributed by atoms with Gasteiger partial charge in [0, 0.05) is 13.3 Å². The maximum Gasteiger partial charge on any atom is 0.364 e. The molecule has 0 unspecified atom stereocenters. The fraction of sp³-hybridized carbons (Fsp3) is 0.951. The first-order valence-electron chi connectivity index (χ1n) is 23.7. The van der Waals surface area contributed by atoms with Crippen molar-refractivity contribution in [2.75, 3.05) is 46.2 Å². The number of carboxylic acids is 1. The van der Waals surface area contributed by atoms with E-state index in [2.05, 4.69) is 5.32 Å². The van der Waals surface area contributed by atoms with Crippen LogP contribution in [-0.4, -0.2) is 354 Å². The fourth-order valence-electron chi connectivity index (χ4n) is 9.20. The van der Waals surface area contributed by atoms with Crippen LogP contribution in [0.15, 0.2) is 0 Å². The number of nitrogens with one attached hydrogen (secondary N) is 1. The molecule has 0 saturated carbocycles. The van der Waals surface area contributed by atoms with E-state index in [9.17, 15) is 122 Å². The maximum atomic E-state index is 13.0. The zero-order chi connectivity index (χ0) is 56.8. The molecule has 35 heteroatoms. The number of carbonyl (C=O) groups excluding carboxylic acids is 1. The molecular weight excluding hydrogens is 1050 g/mol. The molecule has 30 atom stereocenters. The van der Waals surface area contributed by atoms with Gasteiger partial charge in [0.25, 0.3) is 5.79 Å². The van der Waals surface area contributed by atoms with E-state index >= 15 is 0 Å². The van der Waals surface area contributed by atoms with Crippen molar-refractivity contribution in [1.29, 1.82) is 0 Å². The second-order valence-electron chi connectivity index (χ2n) is 18.7. The van der Waals surface area contributed by atoms with E-state index in [0.717, 1.165) is 6.92 Å². The van der Waals surface area contributed by atoms with Gasteiger partial charge in [0.15, 0.2) is 25.2 Å². The summed E-state index contributed by atoms with van der Waals surface area (Å²) in [5.41, 5.74) is 0. The molecular formula is C41H71NO34. The van der Waals surface area contributed by atoms with Crippen LogP contribution < -0.4 is 5.32 Å². The zero-order valence-electron chi connectivity index (χ0n) is 40.1. The molecule has 0 aromatic heterocycles. The van der Waals surface area contributed by atoms with Crippen LogP contribution in [0.2, 0.25) is 0 Å². The maximum absolute atomic E-state index is 13.0. The van der Waals surface area contributed by atoms with E-state index in [1.807, 2.05) is 0 Å². The Hall–Kier alpha value is -2.30. The smallest absolute Gasteiger partial charge is 0.364 e. The third kappa shape index (κ3) is 13.9. The van der Waals surface area contributed by atoms with Gasteiger partial charge in [-0.05, 0) is 0 Å². The zero-order valence-corrected chi connectivity index (χ0v) is 40.1. The first-order chi connectivity index (χ1) is 35.8. The average Bonchev–Trinajstić information content (AvgIpc) is 3.39. The topological polar surface area (TPSA) is 584 Å². The number of aliphatic hydroxyl groups is 21. The summed E-state index contributed by atoms with van der Waals surface area (Å²) in [7, 11) is 0. The van der Waals surface area contributed by atoms with E-state index in [0.29, 0.717) is 0 Å². The molecule has 5 saturated heterocycles. The lowest BCUT2D eigenvalue weighted by atomic mass is 9.88. The lowest BCUT2D eigenvalue weighted by molar-refractivity contribution is -0.399. The highest BCUT2D eigenvalue weighted by molar-refractivity contribution is 5.76. The van der Waals surface area contributed by atoms with Gasteiger partial charge in [0.05, 0.1) is 58.4 Å². The minimum Gasteiger partial charge on any atom is -0.477 e. The molecule has 23 N–H and O–H groups in total. The lowest BCUT2D eigenvalue weighted by Gasteiger charge is -2.51. The molecule has 1 amide bonds. The minimum absolute atomic E-state index is 0.837. The second kappa shape index (κ2) is 27.9. The molecule has 5 heterocycles.